The van der Waals surface area contributed by atoms with E-state index < -0.39 is 0 Å². The summed E-state index contributed by atoms with van der Waals surface area (Å²) in [6, 6.07) is 0.612. The first-order valence-corrected chi connectivity index (χ1v) is 6.54. The first-order valence-electron chi connectivity index (χ1n) is 6.54. The van der Waals surface area contributed by atoms with Crippen LogP contribution in [0.15, 0.2) is 4.42 Å². The number of aliphatic hydroxyl groups excluding tert-OH is 1. The van der Waals surface area contributed by atoms with Gasteiger partial charge in [-0.1, -0.05) is 6.42 Å². The molecule has 5 nitrogen and oxygen atoms in total. The molecule has 0 atom stereocenters. The third kappa shape index (κ3) is 2.50. The minimum Gasteiger partial charge on any atom is -0.424 e. The molecule has 0 bridgehead atoms. The molecule has 0 aromatic carbocycles. The van der Waals surface area contributed by atoms with Gasteiger partial charge in [0, 0.05) is 18.5 Å². The minimum absolute atomic E-state index is 0.195. The van der Waals surface area contributed by atoms with Crippen molar-refractivity contribution in [1.29, 1.82) is 0 Å². The van der Waals surface area contributed by atoms with Gasteiger partial charge >= 0.3 is 0 Å². The molecule has 94 valence electrons. The van der Waals surface area contributed by atoms with Crippen LogP contribution in [0.2, 0.25) is 0 Å². The van der Waals surface area contributed by atoms with E-state index in [9.17, 15) is 0 Å². The Bertz CT molecular complexity index is 372. The molecule has 2 saturated carbocycles. The quantitative estimate of drug-likeness (QED) is 0.808. The van der Waals surface area contributed by atoms with Crippen LogP contribution in [0.3, 0.4) is 0 Å². The molecule has 0 amide bonds. The predicted octanol–water partition coefficient (Wildman–Crippen LogP) is 1.29. The molecule has 1 aromatic rings. The van der Waals surface area contributed by atoms with Crippen molar-refractivity contribution >= 4 is 0 Å². The van der Waals surface area contributed by atoms with Gasteiger partial charge in [-0.3, -0.25) is 4.90 Å². The SMILES string of the molecule is OCCN(Cc1nnc(C2CCC2)o1)C1CC1. The topological polar surface area (TPSA) is 62.4 Å². The minimum atomic E-state index is 0.195. The van der Waals surface area contributed by atoms with Crippen molar-refractivity contribution in [3.63, 3.8) is 0 Å². The van der Waals surface area contributed by atoms with Gasteiger partial charge in [0.1, 0.15) is 0 Å². The third-order valence-electron chi connectivity index (χ3n) is 3.73. The Morgan fingerprint density at radius 2 is 2.06 bits per heavy atom. The van der Waals surface area contributed by atoms with Gasteiger partial charge in [0.15, 0.2) is 0 Å². The summed E-state index contributed by atoms with van der Waals surface area (Å²) in [6.07, 6.45) is 6.10. The van der Waals surface area contributed by atoms with Gasteiger partial charge < -0.3 is 9.52 Å². The van der Waals surface area contributed by atoms with E-state index in [0.29, 0.717) is 30.9 Å². The van der Waals surface area contributed by atoms with E-state index in [4.69, 9.17) is 9.52 Å². The zero-order chi connectivity index (χ0) is 11.7. The lowest BCUT2D eigenvalue weighted by atomic mass is 9.85. The van der Waals surface area contributed by atoms with Crippen molar-refractivity contribution in [3.05, 3.63) is 11.8 Å². The Morgan fingerprint density at radius 1 is 1.24 bits per heavy atom. The van der Waals surface area contributed by atoms with Crippen LogP contribution in [0.4, 0.5) is 0 Å². The summed E-state index contributed by atoms with van der Waals surface area (Å²) in [6.45, 7) is 1.58. The van der Waals surface area contributed by atoms with E-state index in [1.54, 1.807) is 0 Å². The number of hydrogen-bond donors (Lipinski definition) is 1. The molecule has 0 radical (unpaired) electrons. The fourth-order valence-electron chi connectivity index (χ4n) is 2.28. The summed E-state index contributed by atoms with van der Waals surface area (Å²) in [4.78, 5) is 2.23. The first-order chi connectivity index (χ1) is 8.36. The number of nitrogens with zero attached hydrogens (tertiary/aromatic N) is 3. The Labute approximate surface area is 101 Å². The lowest BCUT2D eigenvalue weighted by Gasteiger charge is -2.21. The molecule has 5 heteroatoms. The van der Waals surface area contributed by atoms with Crippen LogP contribution in [0.5, 0.6) is 0 Å². The molecule has 1 aromatic heterocycles. The van der Waals surface area contributed by atoms with Gasteiger partial charge in [-0.2, -0.15) is 0 Å². The molecular weight excluding hydrogens is 218 g/mol. The standard InChI is InChI=1S/C12H19N3O2/c16-7-6-15(10-4-5-10)8-11-13-14-12(17-11)9-2-1-3-9/h9-10,16H,1-8H2. The molecule has 1 heterocycles. The fraction of sp³-hybridized carbons (Fsp3) is 0.833. The Morgan fingerprint density at radius 3 is 2.65 bits per heavy atom. The number of aromatic nitrogens is 2. The first kappa shape index (κ1) is 11.2. The zero-order valence-electron chi connectivity index (χ0n) is 10.0. The Kier molecular flexibility index (Phi) is 3.11. The van der Waals surface area contributed by atoms with Crippen LogP contribution in [0, 0.1) is 0 Å². The molecule has 1 N–H and O–H groups in total. The molecule has 2 fully saturated rings. The van der Waals surface area contributed by atoms with E-state index in [1.807, 2.05) is 0 Å². The van der Waals surface area contributed by atoms with Gasteiger partial charge in [-0.15, -0.1) is 10.2 Å². The van der Waals surface area contributed by atoms with Crippen molar-refractivity contribution in [2.75, 3.05) is 13.2 Å². The van der Waals surface area contributed by atoms with Crippen molar-refractivity contribution in [3.8, 4) is 0 Å². The highest BCUT2D eigenvalue weighted by molar-refractivity contribution is 4.97. The predicted molar refractivity (Wildman–Crippen MR) is 61.4 cm³/mol. The maximum Gasteiger partial charge on any atom is 0.230 e. The van der Waals surface area contributed by atoms with Crippen molar-refractivity contribution < 1.29 is 9.52 Å². The van der Waals surface area contributed by atoms with E-state index in [0.717, 1.165) is 5.89 Å². The second-order valence-corrected chi connectivity index (χ2v) is 5.09. The highest BCUT2D eigenvalue weighted by Gasteiger charge is 2.30. The monoisotopic (exact) mass is 237 g/mol. The van der Waals surface area contributed by atoms with Crippen LogP contribution in [0.1, 0.15) is 49.8 Å². The molecule has 0 spiro atoms. The number of hydrogen-bond acceptors (Lipinski definition) is 5. The second kappa shape index (κ2) is 4.74. The average molecular weight is 237 g/mol. The molecule has 2 aliphatic carbocycles. The molecule has 0 unspecified atom stereocenters. The van der Waals surface area contributed by atoms with Gasteiger partial charge in [-0.25, -0.2) is 0 Å². The molecule has 0 saturated heterocycles. The van der Waals surface area contributed by atoms with Crippen LogP contribution in [-0.2, 0) is 6.54 Å². The van der Waals surface area contributed by atoms with Crippen molar-refractivity contribution in [2.45, 2.75) is 50.6 Å². The maximum absolute atomic E-state index is 9.02. The summed E-state index contributed by atoms with van der Waals surface area (Å²) >= 11 is 0. The van der Waals surface area contributed by atoms with E-state index >= 15 is 0 Å². The van der Waals surface area contributed by atoms with Crippen molar-refractivity contribution in [2.24, 2.45) is 0 Å². The molecule has 2 aliphatic rings. The third-order valence-corrected chi connectivity index (χ3v) is 3.73. The van der Waals surface area contributed by atoms with Gasteiger partial charge in [-0.05, 0) is 25.7 Å². The Hall–Kier alpha value is -0.940. The smallest absolute Gasteiger partial charge is 0.230 e. The summed E-state index contributed by atoms with van der Waals surface area (Å²) in [5.74, 6) is 2.02. The van der Waals surface area contributed by atoms with Gasteiger partial charge in [0.25, 0.3) is 0 Å². The highest BCUT2D eigenvalue weighted by atomic mass is 16.4. The summed E-state index contributed by atoms with van der Waals surface area (Å²) < 4.78 is 5.70. The molecule has 17 heavy (non-hydrogen) atoms. The molecule has 3 rings (SSSR count). The number of aliphatic hydroxyl groups is 1. The van der Waals surface area contributed by atoms with Crippen LogP contribution < -0.4 is 0 Å². The fourth-order valence-corrected chi connectivity index (χ4v) is 2.28. The second-order valence-electron chi connectivity index (χ2n) is 5.09. The van der Waals surface area contributed by atoms with Crippen LogP contribution in [-0.4, -0.2) is 39.4 Å². The van der Waals surface area contributed by atoms with E-state index in [-0.39, 0.29) is 6.61 Å². The van der Waals surface area contributed by atoms with Crippen molar-refractivity contribution in [1.82, 2.24) is 15.1 Å². The summed E-state index contributed by atoms with van der Waals surface area (Å²) in [5.41, 5.74) is 0. The largest absolute Gasteiger partial charge is 0.424 e. The van der Waals surface area contributed by atoms with Gasteiger partial charge in [0.05, 0.1) is 13.2 Å². The average Bonchev–Trinajstić information content (AvgIpc) is 2.99. The molecular formula is C12H19N3O2. The maximum atomic E-state index is 9.02. The van der Waals surface area contributed by atoms with Crippen LogP contribution in [0.25, 0.3) is 0 Å². The van der Waals surface area contributed by atoms with E-state index in [2.05, 4.69) is 15.1 Å². The number of rotatable bonds is 6. The zero-order valence-corrected chi connectivity index (χ0v) is 10.0. The normalized spacial score (nSPS) is 20.8. The summed E-state index contributed by atoms with van der Waals surface area (Å²) in [5, 5.41) is 17.3. The van der Waals surface area contributed by atoms with Crippen LogP contribution >= 0.6 is 0 Å². The Balaban J connectivity index is 1.60. The lowest BCUT2D eigenvalue weighted by Crippen LogP contribution is -2.28. The van der Waals surface area contributed by atoms with E-state index in [1.165, 1.54) is 32.1 Å². The summed E-state index contributed by atoms with van der Waals surface area (Å²) in [7, 11) is 0. The lowest BCUT2D eigenvalue weighted by molar-refractivity contribution is 0.169. The highest BCUT2D eigenvalue weighted by Crippen LogP contribution is 2.35. The van der Waals surface area contributed by atoms with Gasteiger partial charge in [0.2, 0.25) is 11.8 Å². The molecule has 0 aliphatic heterocycles.